The largest absolute Gasteiger partial charge is 0.508 e. The van der Waals surface area contributed by atoms with Crippen molar-refractivity contribution in [3.05, 3.63) is 59.2 Å². The van der Waals surface area contributed by atoms with Gasteiger partial charge in [-0.2, -0.15) is 0 Å². The molecule has 0 saturated carbocycles. The van der Waals surface area contributed by atoms with Crippen LogP contribution in [0.5, 0.6) is 11.5 Å². The Bertz CT molecular complexity index is 567. The molecule has 2 N–H and O–H groups in total. The van der Waals surface area contributed by atoms with E-state index in [4.69, 9.17) is 4.74 Å². The average molecular weight is 258 g/mol. The summed E-state index contributed by atoms with van der Waals surface area (Å²) in [6.07, 6.45) is 0. The number of hydrogen-bond acceptors (Lipinski definition) is 4. The molecule has 98 valence electrons. The van der Waals surface area contributed by atoms with Crippen molar-refractivity contribution < 1.29 is 19.7 Å². The van der Waals surface area contributed by atoms with Crippen molar-refractivity contribution in [1.29, 1.82) is 0 Å². The van der Waals surface area contributed by atoms with E-state index in [1.54, 1.807) is 6.92 Å². The topological polar surface area (TPSA) is 66.8 Å². The smallest absolute Gasteiger partial charge is 0.338 e. The molecule has 2 aromatic rings. The maximum atomic E-state index is 11.8. The number of ether oxygens (including phenoxy) is 1. The van der Waals surface area contributed by atoms with Crippen LogP contribution in [0.2, 0.25) is 0 Å². The van der Waals surface area contributed by atoms with Crippen LogP contribution in [-0.4, -0.2) is 16.2 Å². The first-order valence-electron chi connectivity index (χ1n) is 5.81. The predicted octanol–water partition coefficient (Wildman–Crippen LogP) is 2.76. The molecule has 0 atom stereocenters. The van der Waals surface area contributed by atoms with Crippen molar-refractivity contribution in [3.8, 4) is 11.5 Å². The molecule has 0 fully saturated rings. The Morgan fingerprint density at radius 3 is 2.26 bits per heavy atom. The second kappa shape index (κ2) is 5.44. The number of rotatable bonds is 3. The monoisotopic (exact) mass is 258 g/mol. The molecule has 0 aliphatic carbocycles. The molecule has 0 heterocycles. The molecule has 0 unspecified atom stereocenters. The minimum absolute atomic E-state index is 0.122. The fourth-order valence-electron chi connectivity index (χ4n) is 1.61. The maximum absolute atomic E-state index is 11.8. The third kappa shape index (κ3) is 3.04. The lowest BCUT2D eigenvalue weighted by atomic mass is 10.1. The second-order valence-corrected chi connectivity index (χ2v) is 4.20. The Morgan fingerprint density at radius 2 is 1.68 bits per heavy atom. The molecule has 0 aliphatic heterocycles. The molecule has 0 radical (unpaired) electrons. The Labute approximate surface area is 110 Å². The number of phenolic OH excluding ortho intramolecular Hbond substituents is 2. The number of aromatic hydroxyl groups is 2. The Hall–Kier alpha value is -2.49. The lowest BCUT2D eigenvalue weighted by molar-refractivity contribution is 0.0472. The van der Waals surface area contributed by atoms with Crippen LogP contribution < -0.4 is 0 Å². The number of hydrogen-bond donors (Lipinski definition) is 2. The van der Waals surface area contributed by atoms with Crippen LogP contribution in [0.4, 0.5) is 0 Å². The zero-order valence-electron chi connectivity index (χ0n) is 10.5. The van der Waals surface area contributed by atoms with Gasteiger partial charge in [0.05, 0.1) is 5.56 Å². The van der Waals surface area contributed by atoms with Crippen molar-refractivity contribution in [2.75, 3.05) is 0 Å². The van der Waals surface area contributed by atoms with E-state index in [9.17, 15) is 15.0 Å². The van der Waals surface area contributed by atoms with Crippen LogP contribution in [0.15, 0.2) is 42.5 Å². The normalized spacial score (nSPS) is 10.2. The van der Waals surface area contributed by atoms with Gasteiger partial charge in [-0.25, -0.2) is 4.79 Å². The summed E-state index contributed by atoms with van der Waals surface area (Å²) < 4.78 is 5.10. The summed E-state index contributed by atoms with van der Waals surface area (Å²) in [5.74, 6) is -0.854. The van der Waals surface area contributed by atoms with E-state index < -0.39 is 5.97 Å². The fraction of sp³-hybridized carbons (Fsp3) is 0.133. The quantitative estimate of drug-likeness (QED) is 0.831. The van der Waals surface area contributed by atoms with E-state index >= 15 is 0 Å². The summed E-state index contributed by atoms with van der Waals surface area (Å²) in [7, 11) is 0. The number of benzene rings is 2. The fourth-order valence-corrected chi connectivity index (χ4v) is 1.61. The van der Waals surface area contributed by atoms with Gasteiger partial charge in [-0.15, -0.1) is 0 Å². The predicted molar refractivity (Wildman–Crippen MR) is 70.1 cm³/mol. The molecule has 2 aromatic carbocycles. The lowest BCUT2D eigenvalue weighted by Gasteiger charge is -2.07. The van der Waals surface area contributed by atoms with Crippen molar-refractivity contribution in [1.82, 2.24) is 0 Å². The van der Waals surface area contributed by atoms with Gasteiger partial charge in [-0.1, -0.05) is 30.3 Å². The minimum atomic E-state index is -0.588. The van der Waals surface area contributed by atoms with Gasteiger partial charge < -0.3 is 14.9 Å². The molecule has 4 nitrogen and oxygen atoms in total. The highest BCUT2D eigenvalue weighted by Crippen LogP contribution is 2.27. The van der Waals surface area contributed by atoms with Gasteiger partial charge in [0, 0.05) is 5.56 Å². The van der Waals surface area contributed by atoms with Gasteiger partial charge in [0.15, 0.2) is 0 Å². The van der Waals surface area contributed by atoms with Crippen molar-refractivity contribution >= 4 is 5.97 Å². The maximum Gasteiger partial charge on any atom is 0.338 e. The van der Waals surface area contributed by atoms with E-state index in [0.717, 1.165) is 5.56 Å². The van der Waals surface area contributed by atoms with E-state index in [1.165, 1.54) is 12.1 Å². The Balaban J connectivity index is 2.08. The van der Waals surface area contributed by atoms with Crippen LogP contribution in [0.3, 0.4) is 0 Å². The summed E-state index contributed by atoms with van der Waals surface area (Å²) in [6.45, 7) is 1.71. The molecule has 19 heavy (non-hydrogen) atoms. The van der Waals surface area contributed by atoms with Gasteiger partial charge in [0.2, 0.25) is 0 Å². The first-order valence-corrected chi connectivity index (χ1v) is 5.81. The van der Waals surface area contributed by atoms with Crippen LogP contribution in [0.25, 0.3) is 0 Å². The van der Waals surface area contributed by atoms with Crippen LogP contribution in [0.1, 0.15) is 21.5 Å². The average Bonchev–Trinajstić information content (AvgIpc) is 2.42. The minimum Gasteiger partial charge on any atom is -0.508 e. The Morgan fingerprint density at radius 1 is 1.11 bits per heavy atom. The van der Waals surface area contributed by atoms with Crippen LogP contribution >= 0.6 is 0 Å². The highest BCUT2D eigenvalue weighted by molar-refractivity contribution is 5.90. The van der Waals surface area contributed by atoms with Gasteiger partial charge in [-0.05, 0) is 24.6 Å². The molecule has 0 spiro atoms. The van der Waals surface area contributed by atoms with E-state index in [1.807, 2.05) is 30.3 Å². The van der Waals surface area contributed by atoms with Crippen molar-refractivity contribution in [2.45, 2.75) is 13.5 Å². The summed E-state index contributed by atoms with van der Waals surface area (Å²) in [5, 5.41) is 19.1. The molecular formula is C15H14O4. The lowest BCUT2D eigenvalue weighted by Crippen LogP contribution is -2.05. The third-order valence-corrected chi connectivity index (χ3v) is 2.80. The molecule has 0 bridgehead atoms. The van der Waals surface area contributed by atoms with Crippen LogP contribution in [0, 0.1) is 6.92 Å². The third-order valence-electron chi connectivity index (χ3n) is 2.80. The summed E-state index contributed by atoms with van der Waals surface area (Å²) >= 11 is 0. The number of phenols is 2. The SMILES string of the molecule is Cc1c(O)cc(C(=O)OCc2ccccc2)cc1O. The first-order chi connectivity index (χ1) is 9.08. The van der Waals surface area contributed by atoms with Gasteiger partial charge in [-0.3, -0.25) is 0 Å². The highest BCUT2D eigenvalue weighted by atomic mass is 16.5. The number of carbonyl (C=O) groups excluding carboxylic acids is 1. The van der Waals surface area contributed by atoms with Crippen molar-refractivity contribution in [3.63, 3.8) is 0 Å². The van der Waals surface area contributed by atoms with Gasteiger partial charge >= 0.3 is 5.97 Å². The van der Waals surface area contributed by atoms with E-state index in [-0.39, 0.29) is 23.7 Å². The highest BCUT2D eigenvalue weighted by Gasteiger charge is 2.12. The molecule has 0 amide bonds. The van der Waals surface area contributed by atoms with Gasteiger partial charge in [0.1, 0.15) is 18.1 Å². The van der Waals surface area contributed by atoms with Crippen LogP contribution in [-0.2, 0) is 11.3 Å². The first kappa shape index (κ1) is 13.0. The number of esters is 1. The molecule has 2 rings (SSSR count). The summed E-state index contributed by atoms with van der Waals surface area (Å²) in [6, 6.07) is 11.8. The van der Waals surface area contributed by atoms with Gasteiger partial charge in [0.25, 0.3) is 0 Å². The molecular weight excluding hydrogens is 244 g/mol. The van der Waals surface area contributed by atoms with Crippen molar-refractivity contribution in [2.24, 2.45) is 0 Å². The molecule has 0 aliphatic rings. The summed E-state index contributed by atoms with van der Waals surface area (Å²) in [5.41, 5.74) is 1.33. The van der Waals surface area contributed by atoms with E-state index in [0.29, 0.717) is 5.56 Å². The zero-order chi connectivity index (χ0) is 13.8. The van der Waals surface area contributed by atoms with E-state index in [2.05, 4.69) is 0 Å². The summed E-state index contributed by atoms with van der Waals surface area (Å²) in [4.78, 5) is 11.8. The molecule has 0 aromatic heterocycles. The second-order valence-electron chi connectivity index (χ2n) is 4.20. The Kier molecular flexibility index (Phi) is 3.71. The zero-order valence-corrected chi connectivity index (χ0v) is 10.5. The standard InChI is InChI=1S/C15H14O4/c1-10-13(16)7-12(8-14(10)17)15(18)19-9-11-5-3-2-4-6-11/h2-8,16-17H,9H2,1H3. The number of carbonyl (C=O) groups is 1. The molecule has 0 saturated heterocycles. The molecule has 4 heteroatoms.